The van der Waals surface area contributed by atoms with Gasteiger partial charge < -0.3 is 88.1 Å². The molecule has 5 amide bonds. The van der Waals surface area contributed by atoms with E-state index < -0.39 is 66.9 Å². The number of benzene rings is 3. The highest BCUT2D eigenvalue weighted by molar-refractivity contribution is 5.96. The Balaban J connectivity index is 0.644. The van der Waals surface area contributed by atoms with Gasteiger partial charge in [-0.2, -0.15) is 9.83 Å². The number of aliphatic hydroxyl groups is 3. The normalized spacial score (nSPS) is 19.6. The molecule has 3 aromatic carbocycles. The molecule has 2 unspecified atom stereocenters. The number of aliphatic carboxylic acids is 1. The first-order chi connectivity index (χ1) is 48.5. The number of carbonyl (C=O) groups is 7. The number of hydrogen-bond donors (Lipinski definition) is 5. The van der Waals surface area contributed by atoms with Crippen molar-refractivity contribution in [2.75, 3.05) is 92.1 Å². The predicted octanol–water partition coefficient (Wildman–Crippen LogP) is 7.25. The minimum Gasteiger partial charge on any atom is -0.493 e. The van der Waals surface area contributed by atoms with Crippen LogP contribution in [0.25, 0.3) is 33.1 Å². The number of methoxy groups -OCH3 is 1. The second-order valence-electron chi connectivity index (χ2n) is 26.1. The number of aryl methyl sites for hydroxylation is 2. The third-order valence-corrected chi connectivity index (χ3v) is 19.2. The van der Waals surface area contributed by atoms with Gasteiger partial charge in [0, 0.05) is 98.5 Å². The fraction of sp³-hybridized carbons (Fsp3) is 0.507. The molecule has 1 saturated heterocycles. The van der Waals surface area contributed by atoms with Crippen molar-refractivity contribution >= 4 is 75.3 Å². The number of ether oxygens (including phenoxy) is 8. The third kappa shape index (κ3) is 17.4. The number of carboxylic acids is 1. The topological polar surface area (TPSA) is 361 Å². The SMILES string of the molecule is COc1ccc2cc3[n+](cc2c1OC(=O)N(C)CCN(C)C(=O)OCCCCCCCCCC(=O)Nc1cc(COC(=O)N(C)CCN(C)C(=O)n2ccc4c(N(C)[C@H]5CC(C(=O)CC#N)CC[C@H]5C)ncnc42)ccc1O[C@@H]1OC(C(=O)O)[C@@H](O)[C@H](O)[C@H]1O)CCc1cc2c(cc1-3)OCO2. The Kier molecular flexibility index (Phi) is 24.3. The summed E-state index contributed by atoms with van der Waals surface area (Å²) in [6.45, 7) is 3.42. The van der Waals surface area contributed by atoms with Crippen LogP contribution >= 0.6 is 0 Å². The molecule has 101 heavy (non-hydrogen) atoms. The molecular weight excluding hydrogens is 1310 g/mol. The number of carbonyl (C=O) groups excluding carboxylic acids is 6. The summed E-state index contributed by atoms with van der Waals surface area (Å²) in [5.41, 5.74) is 4.00. The molecule has 5 N–H and O–H groups in total. The molecule has 0 bridgehead atoms. The first kappa shape index (κ1) is 73.6. The van der Waals surface area contributed by atoms with Crippen LogP contribution in [-0.2, 0) is 48.2 Å². The van der Waals surface area contributed by atoms with Crippen molar-refractivity contribution < 1.29 is 96.4 Å². The van der Waals surface area contributed by atoms with Gasteiger partial charge in [0.25, 0.3) is 0 Å². The van der Waals surface area contributed by atoms with E-state index in [1.165, 1.54) is 62.9 Å². The third-order valence-electron chi connectivity index (χ3n) is 19.2. The van der Waals surface area contributed by atoms with Gasteiger partial charge in [0.2, 0.25) is 24.7 Å². The molecule has 3 aliphatic heterocycles. The van der Waals surface area contributed by atoms with Crippen molar-refractivity contribution in [3.05, 3.63) is 84.4 Å². The van der Waals surface area contributed by atoms with Gasteiger partial charge >= 0.3 is 30.3 Å². The van der Waals surface area contributed by atoms with Crippen LogP contribution in [0.4, 0.5) is 30.7 Å². The number of anilines is 2. The monoisotopic (exact) mass is 1400 g/mol. The van der Waals surface area contributed by atoms with E-state index in [-0.39, 0.29) is 99.9 Å². The van der Waals surface area contributed by atoms with E-state index in [1.54, 1.807) is 39.5 Å². The number of rotatable bonds is 28. The number of unbranched alkanes of at least 4 members (excludes halogenated alkanes) is 6. The van der Waals surface area contributed by atoms with E-state index in [2.05, 4.69) is 32.8 Å². The molecule has 2 fully saturated rings. The average Bonchev–Trinajstić information content (AvgIpc) is 1.68. The number of amides is 5. The first-order valence-corrected chi connectivity index (χ1v) is 33.9. The number of nitriles is 1. The number of pyridine rings is 1. The van der Waals surface area contributed by atoms with Crippen LogP contribution < -0.4 is 38.5 Å². The number of carboxylic acid groups (broad SMARTS) is 1. The number of hydrogen-bond acceptors (Lipinski definition) is 22. The first-order valence-electron chi connectivity index (χ1n) is 33.9. The Morgan fingerprint density at radius 1 is 0.762 bits per heavy atom. The van der Waals surface area contributed by atoms with E-state index in [0.29, 0.717) is 71.5 Å². The fourth-order valence-electron chi connectivity index (χ4n) is 13.0. The van der Waals surface area contributed by atoms with Crippen molar-refractivity contribution in [1.29, 1.82) is 5.26 Å². The molecular formula is C71H88N11O19+. The van der Waals surface area contributed by atoms with E-state index in [9.17, 15) is 54.0 Å². The number of Topliss-reactive ketones (excluding diaryl/α,β-unsaturated/α-hetero) is 1. The van der Waals surface area contributed by atoms with E-state index in [0.717, 1.165) is 72.9 Å². The molecule has 1 saturated carbocycles. The van der Waals surface area contributed by atoms with E-state index >= 15 is 0 Å². The maximum atomic E-state index is 13.9. The summed E-state index contributed by atoms with van der Waals surface area (Å²) in [7, 11) is 9.68. The smallest absolute Gasteiger partial charge is 0.415 e. The summed E-state index contributed by atoms with van der Waals surface area (Å²) in [5, 5.41) is 55.3. The van der Waals surface area contributed by atoms with Crippen molar-refractivity contribution in [2.45, 2.75) is 140 Å². The van der Waals surface area contributed by atoms with Crippen LogP contribution in [-0.4, -0.2) is 215 Å². The Hall–Kier alpha value is -10.1. The highest BCUT2D eigenvalue weighted by Gasteiger charge is 2.48. The quantitative estimate of drug-likeness (QED) is 0.0238. The van der Waals surface area contributed by atoms with Gasteiger partial charge in [0.15, 0.2) is 47.5 Å². The molecule has 0 radical (unpaired) electrons. The molecule has 30 nitrogen and oxygen atoms in total. The predicted molar refractivity (Wildman–Crippen MR) is 363 cm³/mol. The second kappa shape index (κ2) is 33.4. The van der Waals surface area contributed by atoms with Crippen molar-refractivity contribution in [3.63, 3.8) is 0 Å². The standard InChI is InChI=1S/C71H87N11O19/c1-42-16-18-46(53(83)22-25-72)35-51(42)80(6)64-47-24-27-82(65(47)74-40-73-64)68(90)76(2)28-29-78(4)70(92)96-39-43-17-20-54(99-67-61(87)59(85)60(86)63(100-67)66(88)89)50(33-43)75-58(84)15-13-11-9-8-10-12-14-32-95-69(91)77(3)30-31-79(5)71(93)101-62-49-38-81-26-23-45-36-56-57(98-41-97-56)37-48(45)52(81)34-44(49)19-21-55(62)94-7/h17,19-21,24,27,33-34,36-38,40,42,46,51,59-61,63,67,85-87H,8-16,18,22-23,26,28-32,35,39,41H2,1-7H3,(H-,75,84,88,89)/p+1/t42-,46?,51+,59+,60+,61-,63?,67-/m1/s1. The van der Waals surface area contributed by atoms with Crippen LogP contribution in [0.15, 0.2) is 73.3 Å². The zero-order valence-corrected chi connectivity index (χ0v) is 57.8. The number of fused-ring (bicyclic) bond motifs is 6. The minimum absolute atomic E-state index is 0.0387. The largest absolute Gasteiger partial charge is 0.493 e. The van der Waals surface area contributed by atoms with Gasteiger partial charge in [-0.25, -0.2) is 33.9 Å². The summed E-state index contributed by atoms with van der Waals surface area (Å²) in [6.07, 6.45) is 1.49. The lowest BCUT2D eigenvalue weighted by atomic mass is 9.76. The van der Waals surface area contributed by atoms with Gasteiger partial charge in [-0.05, 0) is 97.0 Å². The molecule has 30 heteroatoms. The number of nitrogens with zero attached hydrogens (tertiary/aromatic N) is 10. The second-order valence-corrected chi connectivity index (χ2v) is 26.1. The number of likely N-dealkylation sites (N-methyl/N-ethyl adjacent to an activating group) is 4. The highest BCUT2D eigenvalue weighted by Crippen LogP contribution is 2.43. The molecule has 4 aliphatic rings. The molecule has 6 aromatic rings. The van der Waals surface area contributed by atoms with Crippen molar-refractivity contribution in [3.8, 4) is 46.1 Å². The Bertz CT molecular complexity index is 4070. The van der Waals surface area contributed by atoms with Crippen molar-refractivity contribution in [2.24, 2.45) is 11.8 Å². The summed E-state index contributed by atoms with van der Waals surface area (Å²) < 4.78 is 48.8. The highest BCUT2D eigenvalue weighted by atomic mass is 16.7. The molecule has 10 rings (SSSR count). The fourth-order valence-corrected chi connectivity index (χ4v) is 13.0. The lowest BCUT2D eigenvalue weighted by molar-refractivity contribution is -0.686. The minimum atomic E-state index is -1.97. The van der Waals surface area contributed by atoms with E-state index in [1.807, 2.05) is 42.4 Å². The maximum absolute atomic E-state index is 13.9. The van der Waals surface area contributed by atoms with Gasteiger partial charge in [-0.1, -0.05) is 45.1 Å². The van der Waals surface area contributed by atoms with Crippen LogP contribution in [0.1, 0.15) is 95.1 Å². The molecule has 6 heterocycles. The van der Waals surface area contributed by atoms with Gasteiger partial charge in [-0.3, -0.25) is 14.2 Å². The molecule has 540 valence electrons. The van der Waals surface area contributed by atoms with Crippen LogP contribution in [0, 0.1) is 23.2 Å². The number of ketones is 1. The molecule has 3 aromatic heterocycles. The number of aromatic nitrogens is 4. The lowest BCUT2D eigenvalue weighted by Crippen LogP contribution is -2.61. The Morgan fingerprint density at radius 3 is 2.17 bits per heavy atom. The zero-order chi connectivity index (χ0) is 72.2. The summed E-state index contributed by atoms with van der Waals surface area (Å²) >= 11 is 0. The molecule has 1 aliphatic carbocycles. The maximum Gasteiger partial charge on any atom is 0.415 e. The summed E-state index contributed by atoms with van der Waals surface area (Å²) in [6, 6.07) is 17.4. The number of aliphatic hydroxyl groups excluding tert-OH is 3. The van der Waals surface area contributed by atoms with E-state index in [4.69, 9.17) is 43.2 Å². The van der Waals surface area contributed by atoms with Crippen LogP contribution in [0.3, 0.4) is 0 Å². The summed E-state index contributed by atoms with van der Waals surface area (Å²) in [4.78, 5) is 108. The van der Waals surface area contributed by atoms with Crippen molar-refractivity contribution in [1.82, 2.24) is 34.1 Å². The number of nitrogens with one attached hydrogen (secondary N) is 1. The Labute approximate surface area is 583 Å². The summed E-state index contributed by atoms with van der Waals surface area (Å²) in [5.74, 6) is 0.539. The zero-order valence-electron chi connectivity index (χ0n) is 57.8. The van der Waals surface area contributed by atoms with Crippen LogP contribution in [0.2, 0.25) is 0 Å². The van der Waals surface area contributed by atoms with Gasteiger partial charge in [-0.15, -0.1) is 0 Å². The van der Waals surface area contributed by atoms with Gasteiger partial charge in [0.05, 0.1) is 48.2 Å². The lowest BCUT2D eigenvalue weighted by Gasteiger charge is -2.40. The Morgan fingerprint density at radius 2 is 1.45 bits per heavy atom. The molecule has 0 spiro atoms. The van der Waals surface area contributed by atoms with Gasteiger partial charge in [0.1, 0.15) is 48.6 Å². The molecule has 8 atom stereocenters. The average molecular weight is 1400 g/mol. The van der Waals surface area contributed by atoms with Crippen LogP contribution in [0.5, 0.6) is 28.7 Å².